The fraction of sp³-hybridized carbons (Fsp3) is 0.600. The van der Waals surface area contributed by atoms with Gasteiger partial charge in [0.2, 0.25) is 0 Å². The van der Waals surface area contributed by atoms with Gasteiger partial charge in [0, 0.05) is 0 Å². The molecule has 1 aliphatic carbocycles. The highest BCUT2D eigenvalue weighted by molar-refractivity contribution is 5.45. The van der Waals surface area contributed by atoms with Crippen LogP contribution in [0.25, 0.3) is 0 Å². The van der Waals surface area contributed by atoms with E-state index in [0.717, 1.165) is 5.56 Å². The van der Waals surface area contributed by atoms with Gasteiger partial charge < -0.3 is 5.11 Å². The van der Waals surface area contributed by atoms with Crippen molar-refractivity contribution >= 4 is 0 Å². The lowest BCUT2D eigenvalue weighted by Crippen LogP contribution is -2.17. The fourth-order valence-corrected chi connectivity index (χ4v) is 2.92. The first-order valence-electron chi connectivity index (χ1n) is 6.34. The third kappa shape index (κ3) is 1.83. The molecule has 1 nitrogen and oxygen atoms in total. The van der Waals surface area contributed by atoms with E-state index in [1.54, 1.807) is 0 Å². The van der Waals surface area contributed by atoms with Crippen molar-refractivity contribution in [1.29, 1.82) is 0 Å². The molecule has 88 valence electrons. The minimum Gasteiger partial charge on any atom is -0.508 e. The fourth-order valence-electron chi connectivity index (χ4n) is 2.92. The van der Waals surface area contributed by atoms with Crippen LogP contribution in [0.2, 0.25) is 0 Å². The van der Waals surface area contributed by atoms with Crippen LogP contribution in [0, 0.1) is 12.8 Å². The third-order valence-electron chi connectivity index (χ3n) is 4.05. The van der Waals surface area contributed by atoms with Crippen LogP contribution in [0.15, 0.2) is 12.1 Å². The quantitative estimate of drug-likeness (QED) is 0.743. The predicted octanol–water partition coefficient (Wildman–Crippen LogP) is 4.34. The summed E-state index contributed by atoms with van der Waals surface area (Å²) >= 11 is 0. The lowest BCUT2D eigenvalue weighted by molar-refractivity contribution is 0.406. The van der Waals surface area contributed by atoms with Gasteiger partial charge in [-0.05, 0) is 60.3 Å². The second-order valence-corrected chi connectivity index (χ2v) is 5.60. The van der Waals surface area contributed by atoms with Crippen molar-refractivity contribution in [3.8, 4) is 5.75 Å². The van der Waals surface area contributed by atoms with E-state index in [9.17, 15) is 5.11 Å². The van der Waals surface area contributed by atoms with Gasteiger partial charge in [0.1, 0.15) is 5.75 Å². The summed E-state index contributed by atoms with van der Waals surface area (Å²) in [7, 11) is 0. The van der Waals surface area contributed by atoms with Crippen molar-refractivity contribution in [2.75, 3.05) is 0 Å². The molecule has 1 heteroatoms. The molecule has 1 aromatic rings. The van der Waals surface area contributed by atoms with E-state index >= 15 is 0 Å². The largest absolute Gasteiger partial charge is 0.508 e. The minimum atomic E-state index is 0.454. The second kappa shape index (κ2) is 4.12. The summed E-state index contributed by atoms with van der Waals surface area (Å²) in [5.41, 5.74) is 3.86. The Morgan fingerprint density at radius 1 is 1.19 bits per heavy atom. The standard InChI is InChI=1S/C15H22O/c1-9(2)12-6-5-10(3)13-8-15(16)11(4)7-14(12)13/h7-10,12,16H,5-6H2,1-4H3/t10?,12-/m1/s1. The zero-order valence-electron chi connectivity index (χ0n) is 10.7. The van der Waals surface area contributed by atoms with E-state index in [4.69, 9.17) is 0 Å². The van der Waals surface area contributed by atoms with Gasteiger partial charge in [-0.15, -0.1) is 0 Å². The Hall–Kier alpha value is -0.980. The normalized spacial score (nSPS) is 24.6. The SMILES string of the molecule is Cc1cc2c(cc1O)C(C)CC[C@@H]2C(C)C. The number of phenols is 1. The number of hydrogen-bond donors (Lipinski definition) is 1. The first-order chi connectivity index (χ1) is 7.50. The van der Waals surface area contributed by atoms with Crippen LogP contribution < -0.4 is 0 Å². The maximum absolute atomic E-state index is 9.82. The highest BCUT2D eigenvalue weighted by atomic mass is 16.3. The van der Waals surface area contributed by atoms with E-state index in [2.05, 4.69) is 26.8 Å². The smallest absolute Gasteiger partial charge is 0.118 e. The Morgan fingerprint density at radius 3 is 2.50 bits per heavy atom. The van der Waals surface area contributed by atoms with Crippen LogP contribution in [0.1, 0.15) is 62.1 Å². The van der Waals surface area contributed by atoms with E-state index in [0.29, 0.717) is 23.5 Å². The molecule has 0 bridgehead atoms. The number of rotatable bonds is 1. The molecule has 0 radical (unpaired) electrons. The monoisotopic (exact) mass is 218 g/mol. The number of hydrogen-bond acceptors (Lipinski definition) is 1. The molecular weight excluding hydrogens is 196 g/mol. The van der Waals surface area contributed by atoms with Crippen molar-refractivity contribution in [2.24, 2.45) is 5.92 Å². The third-order valence-corrected chi connectivity index (χ3v) is 4.05. The van der Waals surface area contributed by atoms with Crippen molar-refractivity contribution in [3.63, 3.8) is 0 Å². The molecule has 1 aliphatic rings. The van der Waals surface area contributed by atoms with Crippen molar-refractivity contribution in [1.82, 2.24) is 0 Å². The molecule has 0 spiro atoms. The summed E-state index contributed by atoms with van der Waals surface area (Å²) < 4.78 is 0. The van der Waals surface area contributed by atoms with Crippen molar-refractivity contribution in [3.05, 3.63) is 28.8 Å². The predicted molar refractivity (Wildman–Crippen MR) is 68.1 cm³/mol. The van der Waals surface area contributed by atoms with Gasteiger partial charge in [-0.3, -0.25) is 0 Å². The van der Waals surface area contributed by atoms with Gasteiger partial charge in [0.25, 0.3) is 0 Å². The molecule has 0 saturated carbocycles. The van der Waals surface area contributed by atoms with Crippen LogP contribution in [-0.4, -0.2) is 5.11 Å². The number of aromatic hydroxyl groups is 1. The Kier molecular flexibility index (Phi) is 2.96. The summed E-state index contributed by atoms with van der Waals surface area (Å²) in [5.74, 6) is 2.41. The lowest BCUT2D eigenvalue weighted by atomic mass is 9.72. The zero-order valence-corrected chi connectivity index (χ0v) is 10.7. The van der Waals surface area contributed by atoms with Gasteiger partial charge >= 0.3 is 0 Å². The highest BCUT2D eigenvalue weighted by Gasteiger charge is 2.27. The van der Waals surface area contributed by atoms with Gasteiger partial charge in [-0.2, -0.15) is 0 Å². The topological polar surface area (TPSA) is 20.2 Å². The maximum atomic E-state index is 9.82. The number of aryl methyl sites for hydroxylation is 1. The zero-order chi connectivity index (χ0) is 11.9. The molecule has 0 fully saturated rings. The average Bonchev–Trinajstić information content (AvgIpc) is 2.21. The highest BCUT2D eigenvalue weighted by Crippen LogP contribution is 2.44. The summed E-state index contributed by atoms with van der Waals surface area (Å²) in [5, 5.41) is 9.82. The Morgan fingerprint density at radius 2 is 1.88 bits per heavy atom. The van der Waals surface area contributed by atoms with E-state index < -0.39 is 0 Å². The summed E-state index contributed by atoms with van der Waals surface area (Å²) in [4.78, 5) is 0. The molecule has 1 unspecified atom stereocenters. The molecule has 0 aromatic heterocycles. The minimum absolute atomic E-state index is 0.454. The molecule has 0 amide bonds. The van der Waals surface area contributed by atoms with Crippen LogP contribution in [0.3, 0.4) is 0 Å². The van der Waals surface area contributed by atoms with Gasteiger partial charge in [0.15, 0.2) is 0 Å². The van der Waals surface area contributed by atoms with Crippen LogP contribution in [0.5, 0.6) is 5.75 Å². The van der Waals surface area contributed by atoms with Crippen LogP contribution in [0.4, 0.5) is 0 Å². The first-order valence-corrected chi connectivity index (χ1v) is 6.34. The molecule has 0 saturated heterocycles. The van der Waals surface area contributed by atoms with E-state index in [-0.39, 0.29) is 0 Å². The van der Waals surface area contributed by atoms with Crippen LogP contribution >= 0.6 is 0 Å². The van der Waals surface area contributed by atoms with Crippen LogP contribution in [-0.2, 0) is 0 Å². The van der Waals surface area contributed by atoms with Gasteiger partial charge in [-0.25, -0.2) is 0 Å². The molecule has 0 heterocycles. The average molecular weight is 218 g/mol. The van der Waals surface area contributed by atoms with E-state index in [1.165, 1.54) is 24.0 Å². The molecule has 2 atom stereocenters. The Bertz CT molecular complexity index is 393. The Labute approximate surface area is 98.5 Å². The molecule has 0 aliphatic heterocycles. The number of phenolic OH excluding ortho intramolecular Hbond substituents is 1. The molecular formula is C15H22O. The van der Waals surface area contributed by atoms with E-state index in [1.807, 2.05) is 13.0 Å². The summed E-state index contributed by atoms with van der Waals surface area (Å²) in [6, 6.07) is 4.19. The van der Waals surface area contributed by atoms with Crippen molar-refractivity contribution in [2.45, 2.75) is 52.4 Å². The second-order valence-electron chi connectivity index (χ2n) is 5.60. The molecule has 16 heavy (non-hydrogen) atoms. The van der Waals surface area contributed by atoms with Crippen molar-refractivity contribution < 1.29 is 5.11 Å². The Balaban J connectivity index is 2.52. The van der Waals surface area contributed by atoms with Gasteiger partial charge in [-0.1, -0.05) is 26.8 Å². The maximum Gasteiger partial charge on any atom is 0.118 e. The molecule has 2 rings (SSSR count). The first kappa shape index (κ1) is 11.5. The number of benzene rings is 1. The lowest BCUT2D eigenvalue weighted by Gasteiger charge is -2.32. The van der Waals surface area contributed by atoms with Gasteiger partial charge in [0.05, 0.1) is 0 Å². The summed E-state index contributed by atoms with van der Waals surface area (Å²) in [6.07, 6.45) is 2.54. The number of fused-ring (bicyclic) bond motifs is 1. The molecule has 1 N–H and O–H groups in total. The molecule has 1 aromatic carbocycles. The summed E-state index contributed by atoms with van der Waals surface area (Å²) in [6.45, 7) is 8.86.